The highest BCUT2D eigenvalue weighted by Gasteiger charge is 2.25. The van der Waals surface area contributed by atoms with Gasteiger partial charge in [-0.25, -0.2) is 0 Å². The molecule has 4 aromatic heterocycles. The highest BCUT2D eigenvalue weighted by Crippen LogP contribution is 2.46. The molecule has 0 amide bonds. The van der Waals surface area contributed by atoms with Gasteiger partial charge in [0.15, 0.2) is 0 Å². The lowest BCUT2D eigenvalue weighted by atomic mass is 10.0. The molecule has 3 nitrogen and oxygen atoms in total. The molecule has 9 aromatic carbocycles. The summed E-state index contributed by atoms with van der Waals surface area (Å²) in [5.74, 6) is 0. The fourth-order valence-corrected chi connectivity index (χ4v) is 9.87. The van der Waals surface area contributed by atoms with Gasteiger partial charge >= 0.3 is 0 Å². The standard InChI is InChI=1S/C50H29N3/c1-3-14-32-30(12-1)26-28-36-34-16-5-7-20-40(34)51(48(32)36)42-22-10-24-44-46(42)38-18-9-19-39-47-43(23-11-25-45(47)53(44)50(38)39)52-41-21-8-6-17-35(41)37-29-27-31-13-2-4-15-33(31)49(37)52/h1-29H. The van der Waals surface area contributed by atoms with Gasteiger partial charge in [-0.3, -0.25) is 0 Å². The van der Waals surface area contributed by atoms with Gasteiger partial charge in [0, 0.05) is 53.9 Å². The van der Waals surface area contributed by atoms with Crippen molar-refractivity contribution >= 4 is 103 Å². The second-order valence-electron chi connectivity index (χ2n) is 14.5. The Morgan fingerprint density at radius 3 is 1.15 bits per heavy atom. The van der Waals surface area contributed by atoms with Gasteiger partial charge in [-0.1, -0.05) is 140 Å². The number of benzene rings is 9. The topological polar surface area (TPSA) is 14.3 Å². The lowest BCUT2D eigenvalue weighted by Gasteiger charge is -2.13. The van der Waals surface area contributed by atoms with Gasteiger partial charge in [0.05, 0.1) is 50.0 Å². The molecule has 0 spiro atoms. The average molecular weight is 672 g/mol. The van der Waals surface area contributed by atoms with Crippen molar-refractivity contribution < 1.29 is 0 Å². The van der Waals surface area contributed by atoms with Crippen LogP contribution in [0.3, 0.4) is 0 Å². The second-order valence-corrected chi connectivity index (χ2v) is 14.5. The fourth-order valence-electron chi connectivity index (χ4n) is 9.87. The second kappa shape index (κ2) is 9.81. The van der Waals surface area contributed by atoms with Crippen molar-refractivity contribution in [2.24, 2.45) is 0 Å². The number of hydrogen-bond donors (Lipinski definition) is 0. The van der Waals surface area contributed by atoms with Crippen molar-refractivity contribution in [3.05, 3.63) is 176 Å². The van der Waals surface area contributed by atoms with E-state index in [9.17, 15) is 0 Å². The third kappa shape index (κ3) is 3.36. The van der Waals surface area contributed by atoms with Crippen molar-refractivity contribution in [3.8, 4) is 11.4 Å². The van der Waals surface area contributed by atoms with Gasteiger partial charge in [-0.2, -0.15) is 0 Å². The van der Waals surface area contributed by atoms with Crippen LogP contribution in [0, 0.1) is 0 Å². The van der Waals surface area contributed by atoms with Crippen molar-refractivity contribution in [1.82, 2.24) is 13.5 Å². The zero-order valence-electron chi connectivity index (χ0n) is 28.6. The van der Waals surface area contributed by atoms with Crippen LogP contribution >= 0.6 is 0 Å². The molecular formula is C50H29N3. The minimum atomic E-state index is 1.21. The van der Waals surface area contributed by atoms with Crippen molar-refractivity contribution in [2.75, 3.05) is 0 Å². The summed E-state index contributed by atoms with van der Waals surface area (Å²) in [5.41, 5.74) is 11.1. The molecule has 53 heavy (non-hydrogen) atoms. The lowest BCUT2D eigenvalue weighted by molar-refractivity contribution is 1.20. The van der Waals surface area contributed by atoms with Gasteiger partial charge < -0.3 is 13.5 Å². The predicted molar refractivity (Wildman–Crippen MR) is 225 cm³/mol. The Labute approximate surface area is 303 Å². The quantitative estimate of drug-likeness (QED) is 0.174. The number of para-hydroxylation sites is 3. The molecule has 0 saturated carbocycles. The van der Waals surface area contributed by atoms with Crippen LogP contribution in [0.25, 0.3) is 115 Å². The Hall–Kier alpha value is -7.10. The van der Waals surface area contributed by atoms with E-state index in [1.54, 1.807) is 0 Å². The van der Waals surface area contributed by atoms with Crippen LogP contribution in [-0.2, 0) is 0 Å². The third-order valence-electron chi connectivity index (χ3n) is 11.9. The highest BCUT2D eigenvalue weighted by atomic mass is 15.0. The molecule has 4 heterocycles. The smallest absolute Gasteiger partial charge is 0.0622 e. The molecule has 13 aromatic rings. The first-order chi connectivity index (χ1) is 26.3. The summed E-state index contributed by atoms with van der Waals surface area (Å²) in [6, 6.07) is 65.1. The summed E-state index contributed by atoms with van der Waals surface area (Å²) in [6.07, 6.45) is 0. The summed E-state index contributed by atoms with van der Waals surface area (Å²) in [7, 11) is 0. The van der Waals surface area contributed by atoms with E-state index in [-0.39, 0.29) is 0 Å². The number of hydrogen-bond acceptors (Lipinski definition) is 0. The van der Waals surface area contributed by atoms with E-state index in [0.29, 0.717) is 0 Å². The molecule has 0 radical (unpaired) electrons. The van der Waals surface area contributed by atoms with Gasteiger partial charge in [0.25, 0.3) is 0 Å². The first-order valence-corrected chi connectivity index (χ1v) is 18.4. The van der Waals surface area contributed by atoms with Gasteiger partial charge in [0.2, 0.25) is 0 Å². The summed E-state index contributed by atoms with van der Waals surface area (Å²) in [5, 5.41) is 15.2. The van der Waals surface area contributed by atoms with Crippen molar-refractivity contribution in [2.45, 2.75) is 0 Å². The van der Waals surface area contributed by atoms with E-state index in [0.717, 1.165) is 0 Å². The van der Waals surface area contributed by atoms with E-state index in [1.165, 1.54) is 115 Å². The van der Waals surface area contributed by atoms with Crippen LogP contribution in [-0.4, -0.2) is 13.5 Å². The SMILES string of the molecule is c1ccc2c(c1)ccc1c3ccccc3n(-c3cccc4c3c3cccc5c6c(-n7c8ccccc8c8ccc9ccccc9c87)cccc6n4c35)c21. The number of aromatic nitrogens is 3. The minimum absolute atomic E-state index is 1.21. The van der Waals surface area contributed by atoms with Crippen molar-refractivity contribution in [1.29, 1.82) is 0 Å². The number of nitrogens with zero attached hydrogens (tertiary/aromatic N) is 3. The van der Waals surface area contributed by atoms with Gasteiger partial charge in [-0.05, 0) is 47.2 Å². The monoisotopic (exact) mass is 671 g/mol. The molecule has 0 atom stereocenters. The van der Waals surface area contributed by atoms with Crippen LogP contribution in [0.15, 0.2) is 176 Å². The molecular weight excluding hydrogens is 643 g/mol. The molecule has 0 fully saturated rings. The third-order valence-corrected chi connectivity index (χ3v) is 11.9. The Balaban J connectivity index is 1.19. The van der Waals surface area contributed by atoms with E-state index in [4.69, 9.17) is 0 Å². The van der Waals surface area contributed by atoms with E-state index < -0.39 is 0 Å². The zero-order valence-corrected chi connectivity index (χ0v) is 28.6. The summed E-state index contributed by atoms with van der Waals surface area (Å²) in [4.78, 5) is 0. The molecule has 0 aliphatic rings. The molecule has 0 aliphatic heterocycles. The van der Waals surface area contributed by atoms with Crippen LogP contribution in [0.1, 0.15) is 0 Å². The van der Waals surface area contributed by atoms with Crippen LogP contribution in [0.2, 0.25) is 0 Å². The Morgan fingerprint density at radius 1 is 0.245 bits per heavy atom. The maximum atomic E-state index is 2.53. The molecule has 13 rings (SSSR count). The zero-order chi connectivity index (χ0) is 34.4. The highest BCUT2D eigenvalue weighted by molar-refractivity contribution is 6.28. The summed E-state index contributed by atoms with van der Waals surface area (Å²) < 4.78 is 7.57. The summed E-state index contributed by atoms with van der Waals surface area (Å²) >= 11 is 0. The fraction of sp³-hybridized carbons (Fsp3) is 0. The largest absolute Gasteiger partial charge is 0.308 e. The Morgan fingerprint density at radius 2 is 0.642 bits per heavy atom. The normalized spacial score (nSPS) is 12.5. The molecule has 244 valence electrons. The molecule has 0 bridgehead atoms. The molecule has 0 saturated heterocycles. The maximum absolute atomic E-state index is 2.53. The first-order valence-electron chi connectivity index (χ1n) is 18.4. The number of fused-ring (bicyclic) bond motifs is 16. The van der Waals surface area contributed by atoms with Crippen LogP contribution in [0.4, 0.5) is 0 Å². The minimum Gasteiger partial charge on any atom is -0.308 e. The molecule has 3 heteroatoms. The van der Waals surface area contributed by atoms with Gasteiger partial charge in [0.1, 0.15) is 0 Å². The molecule has 0 aliphatic carbocycles. The molecule has 0 N–H and O–H groups in total. The molecule has 0 unspecified atom stereocenters. The Bertz CT molecular complexity index is 3450. The first kappa shape index (κ1) is 27.6. The van der Waals surface area contributed by atoms with Crippen LogP contribution < -0.4 is 0 Å². The van der Waals surface area contributed by atoms with E-state index in [1.807, 2.05) is 0 Å². The van der Waals surface area contributed by atoms with E-state index >= 15 is 0 Å². The summed E-state index contributed by atoms with van der Waals surface area (Å²) in [6.45, 7) is 0. The van der Waals surface area contributed by atoms with Crippen LogP contribution in [0.5, 0.6) is 0 Å². The predicted octanol–water partition coefficient (Wildman–Crippen LogP) is 13.3. The maximum Gasteiger partial charge on any atom is 0.0622 e. The Kier molecular flexibility index (Phi) is 5.11. The van der Waals surface area contributed by atoms with E-state index in [2.05, 4.69) is 189 Å². The van der Waals surface area contributed by atoms with Crippen molar-refractivity contribution in [3.63, 3.8) is 0 Å². The lowest BCUT2D eigenvalue weighted by Crippen LogP contribution is -1.97. The average Bonchev–Trinajstić information content (AvgIpc) is 3.95. The van der Waals surface area contributed by atoms with Gasteiger partial charge in [-0.15, -0.1) is 0 Å². The number of rotatable bonds is 2.